The lowest BCUT2D eigenvalue weighted by molar-refractivity contribution is -0.115. The molecule has 0 bridgehead atoms. The zero-order valence-corrected chi connectivity index (χ0v) is 20.3. The molecule has 0 radical (unpaired) electrons. The lowest BCUT2D eigenvalue weighted by Crippen LogP contribution is -2.24. The molecular formula is C28H22FN5OS. The van der Waals surface area contributed by atoms with Gasteiger partial charge in [0, 0.05) is 29.3 Å². The van der Waals surface area contributed by atoms with Crippen molar-refractivity contribution in [2.75, 3.05) is 5.75 Å². The maximum atomic E-state index is 13.8. The number of nitrogens with zero attached hydrogens (tertiary/aromatic N) is 5. The number of halogens is 1. The van der Waals surface area contributed by atoms with E-state index < -0.39 is 0 Å². The monoisotopic (exact) mass is 495 g/mol. The molecule has 2 aliphatic heterocycles. The van der Waals surface area contributed by atoms with Crippen LogP contribution in [0.3, 0.4) is 0 Å². The Bertz CT molecular complexity index is 1510. The number of aliphatic imine (C=N–C) groups is 1. The molecule has 2 aliphatic rings. The van der Waals surface area contributed by atoms with Crippen molar-refractivity contribution in [3.63, 3.8) is 0 Å². The highest BCUT2D eigenvalue weighted by Gasteiger charge is 2.37. The van der Waals surface area contributed by atoms with E-state index in [1.807, 2.05) is 58.4 Å². The Kier molecular flexibility index (Phi) is 5.73. The molecule has 3 heterocycles. The molecule has 0 aliphatic carbocycles. The second-order valence-electron chi connectivity index (χ2n) is 8.72. The van der Waals surface area contributed by atoms with Crippen LogP contribution in [0.4, 0.5) is 4.39 Å². The highest BCUT2D eigenvalue weighted by Crippen LogP contribution is 2.40. The quantitative estimate of drug-likeness (QED) is 0.361. The standard InChI is InChI=1S/C28H22FN5OS/c1-18-7-5-6-10-22(18)24-15-25(34(31-24)28-30-26(35)17-36-28)23-16-33(21-8-3-2-4-9-21)32-27(23)19-11-13-20(29)14-12-19/h2-14,16,25H,15,17H2,1H3. The number of hydrogen-bond acceptors (Lipinski definition) is 5. The Morgan fingerprint density at radius 1 is 0.972 bits per heavy atom. The number of rotatable bonds is 4. The fourth-order valence-electron chi connectivity index (χ4n) is 4.58. The number of para-hydroxylation sites is 1. The number of amidine groups is 1. The molecule has 4 aromatic rings. The molecular weight excluding hydrogens is 473 g/mol. The lowest BCUT2D eigenvalue weighted by Gasteiger charge is -2.22. The van der Waals surface area contributed by atoms with Crippen LogP contribution >= 0.6 is 11.8 Å². The number of aromatic nitrogens is 2. The minimum Gasteiger partial charge on any atom is -0.272 e. The van der Waals surface area contributed by atoms with E-state index in [1.54, 1.807) is 12.1 Å². The summed E-state index contributed by atoms with van der Waals surface area (Å²) >= 11 is 1.40. The molecule has 178 valence electrons. The summed E-state index contributed by atoms with van der Waals surface area (Å²) in [5, 5.41) is 12.3. The Balaban J connectivity index is 1.50. The van der Waals surface area contributed by atoms with Gasteiger partial charge in [0.15, 0.2) is 5.17 Å². The van der Waals surface area contributed by atoms with Crippen molar-refractivity contribution in [1.29, 1.82) is 0 Å². The average Bonchev–Trinajstić information content (AvgIpc) is 3.63. The van der Waals surface area contributed by atoms with E-state index in [1.165, 1.54) is 23.9 Å². The van der Waals surface area contributed by atoms with Crippen LogP contribution in [-0.2, 0) is 4.79 Å². The first kappa shape index (κ1) is 22.4. The molecule has 6 rings (SSSR count). The average molecular weight is 496 g/mol. The summed E-state index contributed by atoms with van der Waals surface area (Å²) in [6.07, 6.45) is 2.62. The van der Waals surface area contributed by atoms with Crippen LogP contribution in [0.1, 0.15) is 29.2 Å². The molecule has 1 amide bonds. The van der Waals surface area contributed by atoms with E-state index in [-0.39, 0.29) is 17.8 Å². The van der Waals surface area contributed by atoms with E-state index in [4.69, 9.17) is 10.2 Å². The second kappa shape index (κ2) is 9.20. The number of amides is 1. The molecule has 0 fully saturated rings. The first-order valence-corrected chi connectivity index (χ1v) is 12.6. The van der Waals surface area contributed by atoms with Gasteiger partial charge in [-0.15, -0.1) is 0 Å². The lowest BCUT2D eigenvalue weighted by atomic mass is 9.95. The van der Waals surface area contributed by atoms with Crippen LogP contribution < -0.4 is 0 Å². The second-order valence-corrected chi connectivity index (χ2v) is 9.67. The highest BCUT2D eigenvalue weighted by atomic mass is 32.2. The summed E-state index contributed by atoms with van der Waals surface area (Å²) in [5.41, 5.74) is 6.53. The summed E-state index contributed by atoms with van der Waals surface area (Å²) in [6, 6.07) is 24.2. The number of hydrogen-bond donors (Lipinski definition) is 0. The summed E-state index contributed by atoms with van der Waals surface area (Å²) in [7, 11) is 0. The van der Waals surface area contributed by atoms with E-state index in [0.717, 1.165) is 39.3 Å². The minimum atomic E-state index is -0.300. The van der Waals surface area contributed by atoms with Crippen molar-refractivity contribution in [2.45, 2.75) is 19.4 Å². The first-order chi connectivity index (χ1) is 17.6. The Labute approximate surface area is 212 Å². The van der Waals surface area contributed by atoms with Gasteiger partial charge in [-0.1, -0.05) is 54.2 Å². The highest BCUT2D eigenvalue weighted by molar-refractivity contribution is 8.14. The van der Waals surface area contributed by atoms with Crippen LogP contribution in [0.2, 0.25) is 0 Å². The van der Waals surface area contributed by atoms with E-state index in [0.29, 0.717) is 17.3 Å². The minimum absolute atomic E-state index is 0.160. The van der Waals surface area contributed by atoms with Gasteiger partial charge in [-0.25, -0.2) is 14.1 Å². The SMILES string of the molecule is Cc1ccccc1C1=NN(C2=NC(=O)CS2)C(c2cn(-c3ccccc3)nc2-c2ccc(F)cc2)C1. The van der Waals surface area contributed by atoms with Crippen LogP contribution in [-0.4, -0.2) is 37.3 Å². The first-order valence-electron chi connectivity index (χ1n) is 11.6. The predicted octanol–water partition coefficient (Wildman–Crippen LogP) is 5.77. The molecule has 3 aromatic carbocycles. The van der Waals surface area contributed by atoms with Crippen molar-refractivity contribution in [3.05, 3.63) is 108 Å². The maximum Gasteiger partial charge on any atom is 0.258 e. The number of aryl methyl sites for hydroxylation is 1. The summed E-state index contributed by atoms with van der Waals surface area (Å²) < 4.78 is 15.6. The molecule has 0 saturated heterocycles. The van der Waals surface area contributed by atoms with Gasteiger partial charge in [0.05, 0.1) is 28.9 Å². The zero-order valence-electron chi connectivity index (χ0n) is 19.5. The smallest absolute Gasteiger partial charge is 0.258 e. The fraction of sp³-hybridized carbons (Fsp3) is 0.143. The van der Waals surface area contributed by atoms with E-state index in [2.05, 4.69) is 24.0 Å². The van der Waals surface area contributed by atoms with Gasteiger partial charge < -0.3 is 0 Å². The number of carbonyl (C=O) groups excluding carboxylic acids is 1. The van der Waals surface area contributed by atoms with Gasteiger partial charge in [-0.3, -0.25) is 4.79 Å². The maximum absolute atomic E-state index is 13.8. The van der Waals surface area contributed by atoms with Crippen molar-refractivity contribution in [3.8, 4) is 16.9 Å². The molecule has 1 atom stereocenters. The molecule has 1 aromatic heterocycles. The number of thioether (sulfide) groups is 1. The van der Waals surface area contributed by atoms with Gasteiger partial charge in [0.2, 0.25) is 0 Å². The number of benzene rings is 3. The van der Waals surface area contributed by atoms with Gasteiger partial charge in [-0.2, -0.15) is 15.2 Å². The number of hydrazone groups is 1. The van der Waals surface area contributed by atoms with Crippen LogP contribution in [0.15, 0.2) is 95.2 Å². The summed E-state index contributed by atoms with van der Waals surface area (Å²) in [5.74, 6) is -0.153. The van der Waals surface area contributed by atoms with Crippen molar-refractivity contribution >= 4 is 28.5 Å². The van der Waals surface area contributed by atoms with Crippen molar-refractivity contribution in [1.82, 2.24) is 14.8 Å². The molecule has 36 heavy (non-hydrogen) atoms. The zero-order chi connectivity index (χ0) is 24.6. The van der Waals surface area contributed by atoms with Gasteiger partial charge in [-0.05, 0) is 48.9 Å². The van der Waals surface area contributed by atoms with Crippen LogP contribution in [0.25, 0.3) is 16.9 Å². The third-order valence-corrected chi connectivity index (χ3v) is 7.28. The van der Waals surface area contributed by atoms with Gasteiger partial charge >= 0.3 is 0 Å². The molecule has 0 N–H and O–H groups in total. The van der Waals surface area contributed by atoms with E-state index >= 15 is 0 Å². The summed E-state index contributed by atoms with van der Waals surface area (Å²) in [6.45, 7) is 2.07. The van der Waals surface area contributed by atoms with Crippen molar-refractivity contribution in [2.24, 2.45) is 10.1 Å². The van der Waals surface area contributed by atoms with Gasteiger partial charge in [0.1, 0.15) is 5.82 Å². The topological polar surface area (TPSA) is 62.9 Å². The fourth-order valence-corrected chi connectivity index (χ4v) is 5.36. The molecule has 8 heteroatoms. The Hall–Kier alpha value is -4.04. The van der Waals surface area contributed by atoms with E-state index in [9.17, 15) is 9.18 Å². The predicted molar refractivity (Wildman–Crippen MR) is 141 cm³/mol. The normalized spacial score (nSPS) is 17.4. The van der Waals surface area contributed by atoms with Crippen molar-refractivity contribution < 1.29 is 9.18 Å². The van der Waals surface area contributed by atoms with Gasteiger partial charge in [0.25, 0.3) is 5.91 Å². The molecule has 0 saturated carbocycles. The molecule has 1 unspecified atom stereocenters. The molecule has 6 nitrogen and oxygen atoms in total. The molecule has 0 spiro atoms. The van der Waals surface area contributed by atoms with Crippen LogP contribution in [0.5, 0.6) is 0 Å². The Morgan fingerprint density at radius 2 is 1.72 bits per heavy atom. The summed E-state index contributed by atoms with van der Waals surface area (Å²) in [4.78, 5) is 16.3. The largest absolute Gasteiger partial charge is 0.272 e. The third kappa shape index (κ3) is 4.13. The number of carbonyl (C=O) groups is 1. The Morgan fingerprint density at radius 3 is 2.44 bits per heavy atom. The third-order valence-electron chi connectivity index (χ3n) is 6.35. The van der Waals surface area contributed by atoms with Crippen LogP contribution in [0, 0.1) is 12.7 Å².